The molecular weight excluding hydrogens is 234 g/mol. The quantitative estimate of drug-likeness (QED) is 0.796. The summed E-state index contributed by atoms with van der Waals surface area (Å²) in [6.07, 6.45) is 3.81. The van der Waals surface area contributed by atoms with Gasteiger partial charge in [-0.1, -0.05) is 12.2 Å². The van der Waals surface area contributed by atoms with Crippen LogP contribution in [0.2, 0.25) is 0 Å². The number of pyridine rings is 1. The highest BCUT2D eigenvalue weighted by Crippen LogP contribution is 2.20. The summed E-state index contributed by atoms with van der Waals surface area (Å²) in [5.41, 5.74) is 3.77. The lowest BCUT2D eigenvalue weighted by atomic mass is 10.1. The molecule has 1 N–H and O–H groups in total. The van der Waals surface area contributed by atoms with Gasteiger partial charge < -0.3 is 10.2 Å². The van der Waals surface area contributed by atoms with Crippen LogP contribution >= 0.6 is 0 Å². The Labute approximate surface area is 117 Å². The molecule has 0 aliphatic heterocycles. The lowest BCUT2D eigenvalue weighted by molar-refractivity contribution is 0.424. The molecule has 0 atom stereocenters. The molecule has 0 amide bonds. The van der Waals surface area contributed by atoms with E-state index in [1.807, 2.05) is 12.4 Å². The van der Waals surface area contributed by atoms with Crippen LogP contribution in [-0.4, -0.2) is 23.6 Å². The molecule has 0 spiro atoms. The van der Waals surface area contributed by atoms with Crippen LogP contribution in [-0.2, 0) is 6.54 Å². The molecule has 106 valence electrons. The third-order valence-electron chi connectivity index (χ3n) is 2.87. The summed E-state index contributed by atoms with van der Waals surface area (Å²) in [5, 5.41) is 3.52. The van der Waals surface area contributed by atoms with E-state index in [1.165, 1.54) is 16.8 Å². The predicted molar refractivity (Wildman–Crippen MR) is 83.5 cm³/mol. The van der Waals surface area contributed by atoms with Gasteiger partial charge in [0.2, 0.25) is 0 Å². The summed E-state index contributed by atoms with van der Waals surface area (Å²) >= 11 is 0. The summed E-state index contributed by atoms with van der Waals surface area (Å²) in [6.45, 7) is 17.5. The third-order valence-corrected chi connectivity index (χ3v) is 2.87. The van der Waals surface area contributed by atoms with E-state index in [2.05, 4.69) is 62.5 Å². The van der Waals surface area contributed by atoms with Crippen LogP contribution in [0.5, 0.6) is 0 Å². The zero-order valence-electron chi connectivity index (χ0n) is 13.0. The Kier molecular flexibility index (Phi) is 5.55. The predicted octanol–water partition coefficient (Wildman–Crippen LogP) is 3.37. The van der Waals surface area contributed by atoms with Crippen molar-refractivity contribution in [3.63, 3.8) is 0 Å². The van der Waals surface area contributed by atoms with Gasteiger partial charge in [0.15, 0.2) is 0 Å². The molecular formula is C16H27N3. The number of aromatic nitrogens is 1. The molecule has 1 rings (SSSR count). The molecule has 0 aromatic carbocycles. The van der Waals surface area contributed by atoms with Gasteiger partial charge in [-0.2, -0.15) is 0 Å². The molecule has 0 unspecified atom stereocenters. The fraction of sp³-hybridized carbons (Fsp3) is 0.562. The number of nitrogens with zero attached hydrogens (tertiary/aromatic N) is 2. The lowest BCUT2D eigenvalue weighted by Crippen LogP contribution is -2.36. The molecule has 0 aliphatic rings. The third kappa shape index (κ3) is 5.43. The van der Waals surface area contributed by atoms with Gasteiger partial charge in [0.1, 0.15) is 0 Å². The normalized spacial score (nSPS) is 11.4. The Balaban J connectivity index is 2.90. The van der Waals surface area contributed by atoms with Gasteiger partial charge in [-0.15, -0.1) is 0 Å². The number of nitrogens with one attached hydrogen (secondary N) is 1. The van der Waals surface area contributed by atoms with Crippen molar-refractivity contribution in [3.8, 4) is 0 Å². The van der Waals surface area contributed by atoms with Gasteiger partial charge >= 0.3 is 0 Å². The van der Waals surface area contributed by atoms with Crippen LogP contribution in [0.4, 0.5) is 5.69 Å². The van der Waals surface area contributed by atoms with Gasteiger partial charge in [0, 0.05) is 48.8 Å². The zero-order valence-corrected chi connectivity index (χ0v) is 13.0. The van der Waals surface area contributed by atoms with Crippen LogP contribution in [0, 0.1) is 0 Å². The second-order valence-corrected chi connectivity index (χ2v) is 6.08. The Morgan fingerprint density at radius 1 is 1.42 bits per heavy atom. The minimum atomic E-state index is 0.110. The summed E-state index contributed by atoms with van der Waals surface area (Å²) in [5.74, 6) is 0. The Hall–Kier alpha value is -1.35. The first kappa shape index (κ1) is 15.7. The van der Waals surface area contributed by atoms with Crippen molar-refractivity contribution in [3.05, 3.63) is 36.2 Å². The van der Waals surface area contributed by atoms with Crippen molar-refractivity contribution in [1.82, 2.24) is 10.3 Å². The van der Waals surface area contributed by atoms with Crippen LogP contribution in [0.1, 0.15) is 40.2 Å². The minimum absolute atomic E-state index is 0.110. The van der Waals surface area contributed by atoms with E-state index in [9.17, 15) is 0 Å². The van der Waals surface area contributed by atoms with Crippen molar-refractivity contribution in [2.45, 2.75) is 46.7 Å². The first-order chi connectivity index (χ1) is 8.83. The summed E-state index contributed by atoms with van der Waals surface area (Å²) in [6, 6.07) is 2.09. The van der Waals surface area contributed by atoms with Crippen LogP contribution in [0.3, 0.4) is 0 Å². The van der Waals surface area contributed by atoms with Crippen LogP contribution < -0.4 is 10.2 Å². The average molecular weight is 261 g/mol. The summed E-state index contributed by atoms with van der Waals surface area (Å²) < 4.78 is 0. The molecule has 0 fully saturated rings. The molecule has 0 bridgehead atoms. The minimum Gasteiger partial charge on any atom is -0.367 e. The van der Waals surface area contributed by atoms with Crippen molar-refractivity contribution in [2.24, 2.45) is 0 Å². The SMILES string of the molecule is C=C(C)CN(CC)c1ccncc1CNC(C)(C)C. The van der Waals surface area contributed by atoms with Gasteiger partial charge in [0.05, 0.1) is 0 Å². The highest BCUT2D eigenvalue weighted by atomic mass is 15.1. The highest BCUT2D eigenvalue weighted by molar-refractivity contribution is 5.53. The van der Waals surface area contributed by atoms with Crippen LogP contribution in [0.25, 0.3) is 0 Å². The number of hydrogen-bond acceptors (Lipinski definition) is 3. The number of rotatable bonds is 6. The molecule has 1 aromatic rings. The van der Waals surface area contributed by atoms with Crippen molar-refractivity contribution >= 4 is 5.69 Å². The van der Waals surface area contributed by atoms with Crippen molar-refractivity contribution in [1.29, 1.82) is 0 Å². The van der Waals surface area contributed by atoms with Gasteiger partial charge in [0.25, 0.3) is 0 Å². The Morgan fingerprint density at radius 2 is 2.11 bits per heavy atom. The maximum atomic E-state index is 4.25. The molecule has 19 heavy (non-hydrogen) atoms. The maximum absolute atomic E-state index is 4.25. The van der Waals surface area contributed by atoms with E-state index in [0.29, 0.717) is 0 Å². The molecule has 0 radical (unpaired) electrons. The Bertz CT molecular complexity index is 418. The number of anilines is 1. The van der Waals surface area contributed by atoms with E-state index in [0.717, 1.165) is 19.6 Å². The first-order valence-electron chi connectivity index (χ1n) is 6.90. The zero-order chi connectivity index (χ0) is 14.5. The van der Waals surface area contributed by atoms with Crippen molar-refractivity contribution in [2.75, 3.05) is 18.0 Å². The molecule has 0 aliphatic carbocycles. The van der Waals surface area contributed by atoms with E-state index in [-0.39, 0.29) is 5.54 Å². The molecule has 1 heterocycles. The largest absolute Gasteiger partial charge is 0.367 e. The van der Waals surface area contributed by atoms with Crippen LogP contribution in [0.15, 0.2) is 30.6 Å². The number of likely N-dealkylation sites (N-methyl/N-ethyl adjacent to an activating group) is 1. The molecule has 0 saturated heterocycles. The molecule has 3 heteroatoms. The van der Waals surface area contributed by atoms with E-state index in [1.54, 1.807) is 0 Å². The average Bonchev–Trinajstić information content (AvgIpc) is 2.33. The van der Waals surface area contributed by atoms with Gasteiger partial charge in [-0.05, 0) is 40.7 Å². The maximum Gasteiger partial charge on any atom is 0.0445 e. The Morgan fingerprint density at radius 3 is 2.63 bits per heavy atom. The van der Waals surface area contributed by atoms with E-state index in [4.69, 9.17) is 0 Å². The smallest absolute Gasteiger partial charge is 0.0445 e. The van der Waals surface area contributed by atoms with E-state index >= 15 is 0 Å². The van der Waals surface area contributed by atoms with Gasteiger partial charge in [-0.25, -0.2) is 0 Å². The van der Waals surface area contributed by atoms with Crippen molar-refractivity contribution < 1.29 is 0 Å². The second-order valence-electron chi connectivity index (χ2n) is 6.08. The summed E-state index contributed by atoms with van der Waals surface area (Å²) in [7, 11) is 0. The lowest BCUT2D eigenvalue weighted by Gasteiger charge is -2.27. The topological polar surface area (TPSA) is 28.2 Å². The molecule has 0 saturated carbocycles. The van der Waals surface area contributed by atoms with Gasteiger partial charge in [-0.3, -0.25) is 4.98 Å². The fourth-order valence-corrected chi connectivity index (χ4v) is 1.92. The van der Waals surface area contributed by atoms with E-state index < -0.39 is 0 Å². The molecule has 3 nitrogen and oxygen atoms in total. The standard InChI is InChI=1S/C16H27N3/c1-7-19(12-13(2)3)15-8-9-17-10-14(15)11-18-16(4,5)6/h8-10,18H,2,7,11-12H2,1,3-6H3. The highest BCUT2D eigenvalue weighted by Gasteiger charge is 2.13. The monoisotopic (exact) mass is 261 g/mol. The first-order valence-corrected chi connectivity index (χ1v) is 6.90. The molecule has 1 aromatic heterocycles. The summed E-state index contributed by atoms with van der Waals surface area (Å²) in [4.78, 5) is 6.59. The second kappa shape index (κ2) is 6.71. The number of hydrogen-bond donors (Lipinski definition) is 1. The fourth-order valence-electron chi connectivity index (χ4n) is 1.92.